The number of sulfonamides is 1. The third-order valence-corrected chi connectivity index (χ3v) is 4.13. The molecule has 2 N–H and O–H groups in total. The second kappa shape index (κ2) is 5.66. The number of aliphatic hydroxyl groups is 1. The molecule has 0 heterocycles. The number of alkyl halides is 3. The van der Waals surface area contributed by atoms with E-state index in [1.807, 2.05) is 0 Å². The summed E-state index contributed by atoms with van der Waals surface area (Å²) in [7, 11) is -4.20. The standard InChI is InChI=1S/C10H11ClF3NO3S/c1-6-2-3-8(7(11)4-6)19(17,18)15-5-9(16)10(12,13)14/h2-4,9,15-16H,5H2,1H3/t9-/m1/s1. The van der Waals surface area contributed by atoms with E-state index < -0.39 is 28.8 Å². The monoisotopic (exact) mass is 317 g/mol. The van der Waals surface area contributed by atoms with Gasteiger partial charge < -0.3 is 5.11 Å². The van der Waals surface area contributed by atoms with Gasteiger partial charge in [0.25, 0.3) is 0 Å². The van der Waals surface area contributed by atoms with Crippen LogP contribution >= 0.6 is 11.6 Å². The largest absolute Gasteiger partial charge is 0.415 e. The molecule has 1 atom stereocenters. The molecule has 9 heteroatoms. The zero-order valence-electron chi connectivity index (χ0n) is 9.70. The predicted molar refractivity (Wildman–Crippen MR) is 63.4 cm³/mol. The molecule has 0 fully saturated rings. The Hall–Kier alpha value is -0.830. The number of aryl methyl sites for hydroxylation is 1. The minimum absolute atomic E-state index is 0.103. The molecule has 0 spiro atoms. The molecular formula is C10H11ClF3NO3S. The molecule has 1 aromatic rings. The lowest BCUT2D eigenvalue weighted by Gasteiger charge is -2.15. The van der Waals surface area contributed by atoms with Crippen LogP contribution in [0.2, 0.25) is 5.02 Å². The van der Waals surface area contributed by atoms with Gasteiger partial charge >= 0.3 is 6.18 Å². The van der Waals surface area contributed by atoms with Crippen LogP contribution in [0, 0.1) is 6.92 Å². The van der Waals surface area contributed by atoms with E-state index in [4.69, 9.17) is 16.7 Å². The smallest absolute Gasteiger partial charge is 0.382 e. The molecule has 0 saturated heterocycles. The number of nitrogens with one attached hydrogen (secondary N) is 1. The van der Waals surface area contributed by atoms with Crippen molar-refractivity contribution < 1.29 is 26.7 Å². The van der Waals surface area contributed by atoms with Crippen LogP contribution in [0.5, 0.6) is 0 Å². The van der Waals surface area contributed by atoms with Gasteiger partial charge in [0.15, 0.2) is 6.10 Å². The Labute approximate surface area is 113 Å². The van der Waals surface area contributed by atoms with Crippen LogP contribution in [0.3, 0.4) is 0 Å². The second-order valence-electron chi connectivity index (χ2n) is 3.84. The van der Waals surface area contributed by atoms with Crippen molar-refractivity contribution in [3.8, 4) is 0 Å². The predicted octanol–water partition coefficient (Wildman–Crippen LogP) is 1.85. The Kier molecular flexibility index (Phi) is 4.83. The van der Waals surface area contributed by atoms with Gasteiger partial charge in [-0.2, -0.15) is 13.2 Å². The summed E-state index contributed by atoms with van der Waals surface area (Å²) in [5, 5.41) is 8.62. The average Bonchev–Trinajstić information content (AvgIpc) is 2.24. The average molecular weight is 318 g/mol. The number of hydrogen-bond acceptors (Lipinski definition) is 3. The maximum absolute atomic E-state index is 12.0. The van der Waals surface area contributed by atoms with Gasteiger partial charge in [0.05, 0.1) is 5.02 Å². The first-order valence-electron chi connectivity index (χ1n) is 5.04. The summed E-state index contributed by atoms with van der Waals surface area (Å²) in [6.45, 7) is 0.513. The van der Waals surface area contributed by atoms with Gasteiger partial charge in [-0.25, -0.2) is 13.1 Å². The maximum Gasteiger partial charge on any atom is 0.415 e. The molecule has 0 aliphatic carbocycles. The lowest BCUT2D eigenvalue weighted by Crippen LogP contribution is -2.40. The highest BCUT2D eigenvalue weighted by atomic mass is 35.5. The van der Waals surface area contributed by atoms with Crippen LogP contribution in [-0.2, 0) is 10.0 Å². The number of aliphatic hydroxyl groups excluding tert-OH is 1. The summed E-state index contributed by atoms with van der Waals surface area (Å²) in [5.74, 6) is 0. The first-order chi connectivity index (χ1) is 8.54. The van der Waals surface area contributed by atoms with Crippen molar-refractivity contribution >= 4 is 21.6 Å². The van der Waals surface area contributed by atoms with Crippen molar-refractivity contribution in [1.82, 2.24) is 4.72 Å². The molecule has 0 amide bonds. The minimum Gasteiger partial charge on any atom is -0.382 e. The minimum atomic E-state index is -4.89. The fraction of sp³-hybridized carbons (Fsp3) is 0.400. The van der Waals surface area contributed by atoms with Crippen molar-refractivity contribution in [2.24, 2.45) is 0 Å². The van der Waals surface area contributed by atoms with Gasteiger partial charge in [-0.05, 0) is 24.6 Å². The van der Waals surface area contributed by atoms with Crippen LogP contribution in [0.1, 0.15) is 5.56 Å². The fourth-order valence-electron chi connectivity index (χ4n) is 1.21. The molecule has 0 aliphatic rings. The number of rotatable bonds is 4. The molecule has 1 rings (SSSR count). The van der Waals surface area contributed by atoms with Gasteiger partial charge in [0, 0.05) is 6.54 Å². The Morgan fingerprint density at radius 3 is 2.47 bits per heavy atom. The molecule has 1 aromatic carbocycles. The number of hydrogen-bond donors (Lipinski definition) is 2. The van der Waals surface area contributed by atoms with Crippen LogP contribution in [-0.4, -0.2) is 32.3 Å². The molecule has 0 radical (unpaired) electrons. The van der Waals surface area contributed by atoms with E-state index in [2.05, 4.69) is 0 Å². The molecule has 19 heavy (non-hydrogen) atoms. The quantitative estimate of drug-likeness (QED) is 0.890. The Balaban J connectivity index is 2.88. The molecule has 0 saturated carbocycles. The summed E-state index contributed by atoms with van der Waals surface area (Å²) >= 11 is 5.72. The van der Waals surface area contributed by atoms with Gasteiger partial charge in [0.1, 0.15) is 4.90 Å². The molecule has 0 aliphatic heterocycles. The third-order valence-electron chi connectivity index (χ3n) is 2.22. The molecule has 108 valence electrons. The van der Waals surface area contributed by atoms with E-state index in [1.54, 1.807) is 11.6 Å². The Morgan fingerprint density at radius 1 is 1.42 bits per heavy atom. The first kappa shape index (κ1) is 16.2. The topological polar surface area (TPSA) is 66.4 Å². The van der Waals surface area contributed by atoms with E-state index in [0.717, 1.165) is 0 Å². The van der Waals surface area contributed by atoms with Crippen molar-refractivity contribution in [3.05, 3.63) is 28.8 Å². The third kappa shape index (κ3) is 4.34. The maximum atomic E-state index is 12.0. The fourth-order valence-corrected chi connectivity index (χ4v) is 2.84. The van der Waals surface area contributed by atoms with Crippen LogP contribution in [0.15, 0.2) is 23.1 Å². The highest BCUT2D eigenvalue weighted by Crippen LogP contribution is 2.23. The Morgan fingerprint density at radius 2 is 2.00 bits per heavy atom. The molecule has 0 aromatic heterocycles. The SMILES string of the molecule is Cc1ccc(S(=O)(=O)NC[C@@H](O)C(F)(F)F)c(Cl)c1. The molecule has 4 nitrogen and oxygen atoms in total. The molecular weight excluding hydrogens is 307 g/mol. The second-order valence-corrected chi connectivity index (χ2v) is 5.99. The normalized spacial score (nSPS) is 14.4. The highest BCUT2D eigenvalue weighted by molar-refractivity contribution is 7.89. The van der Waals surface area contributed by atoms with Gasteiger partial charge in [-0.15, -0.1) is 0 Å². The summed E-state index contributed by atoms with van der Waals surface area (Å²) in [4.78, 5) is -0.339. The van der Waals surface area contributed by atoms with Crippen LogP contribution < -0.4 is 4.72 Å². The number of halogens is 4. The molecule has 0 unspecified atom stereocenters. The van der Waals surface area contributed by atoms with Crippen molar-refractivity contribution in [2.75, 3.05) is 6.54 Å². The van der Waals surface area contributed by atoms with Crippen molar-refractivity contribution in [3.63, 3.8) is 0 Å². The highest BCUT2D eigenvalue weighted by Gasteiger charge is 2.38. The van der Waals surface area contributed by atoms with Gasteiger partial charge in [-0.3, -0.25) is 0 Å². The van der Waals surface area contributed by atoms with E-state index in [0.29, 0.717) is 5.56 Å². The van der Waals surface area contributed by atoms with Crippen molar-refractivity contribution in [1.29, 1.82) is 0 Å². The first-order valence-corrected chi connectivity index (χ1v) is 6.91. The van der Waals surface area contributed by atoms with E-state index >= 15 is 0 Å². The summed E-state index contributed by atoms with van der Waals surface area (Å²) in [5.41, 5.74) is 0.708. The van der Waals surface area contributed by atoms with Gasteiger partial charge in [-0.1, -0.05) is 17.7 Å². The van der Waals surface area contributed by atoms with Crippen LogP contribution in [0.25, 0.3) is 0 Å². The molecule has 0 bridgehead atoms. The number of benzene rings is 1. The summed E-state index contributed by atoms with van der Waals surface area (Å²) in [6.07, 6.45) is -7.66. The Bertz CT molecular complexity index is 560. The lowest BCUT2D eigenvalue weighted by molar-refractivity contribution is -0.200. The van der Waals surface area contributed by atoms with E-state index in [9.17, 15) is 21.6 Å². The summed E-state index contributed by atoms with van der Waals surface area (Å²) < 4.78 is 61.2. The zero-order valence-corrected chi connectivity index (χ0v) is 11.3. The van der Waals surface area contributed by atoms with Gasteiger partial charge in [0.2, 0.25) is 10.0 Å². The zero-order chi connectivity index (χ0) is 14.8. The van der Waals surface area contributed by atoms with Crippen molar-refractivity contribution in [2.45, 2.75) is 24.1 Å². The lowest BCUT2D eigenvalue weighted by atomic mass is 10.2. The van der Waals surface area contributed by atoms with E-state index in [1.165, 1.54) is 18.2 Å². The van der Waals surface area contributed by atoms with Crippen LogP contribution in [0.4, 0.5) is 13.2 Å². The summed E-state index contributed by atoms with van der Waals surface area (Å²) in [6, 6.07) is 4.01. The van der Waals surface area contributed by atoms with E-state index in [-0.39, 0.29) is 9.92 Å².